The molecule has 0 unspecified atom stereocenters. The summed E-state index contributed by atoms with van der Waals surface area (Å²) in [7, 11) is 0. The van der Waals surface area contributed by atoms with E-state index in [1.165, 1.54) is 0 Å². The second-order valence-electron chi connectivity index (χ2n) is 6.42. The zero-order valence-corrected chi connectivity index (χ0v) is 16.8. The van der Waals surface area contributed by atoms with E-state index in [0.29, 0.717) is 40.8 Å². The Morgan fingerprint density at radius 3 is 2.75 bits per heavy atom. The number of rotatable bonds is 6. The molecule has 0 fully saturated rings. The van der Waals surface area contributed by atoms with Crippen LogP contribution in [-0.4, -0.2) is 29.9 Å². The van der Waals surface area contributed by atoms with Crippen LogP contribution in [0.25, 0.3) is 0 Å². The molecule has 1 aliphatic rings. The molecule has 0 bridgehead atoms. The van der Waals surface area contributed by atoms with Crippen LogP contribution in [0.4, 0.5) is 0 Å². The van der Waals surface area contributed by atoms with Crippen molar-refractivity contribution < 1.29 is 28.5 Å². The zero-order valence-electron chi connectivity index (χ0n) is 16.0. The van der Waals surface area contributed by atoms with Crippen molar-refractivity contribution in [2.24, 2.45) is 0 Å². The van der Waals surface area contributed by atoms with Gasteiger partial charge in [0.2, 0.25) is 0 Å². The van der Waals surface area contributed by atoms with Gasteiger partial charge >= 0.3 is 11.9 Å². The Balaban J connectivity index is 1.69. The van der Waals surface area contributed by atoms with Crippen LogP contribution in [0, 0.1) is 13.8 Å². The minimum absolute atomic E-state index is 0.0101. The second-order valence-corrected chi connectivity index (χ2v) is 6.85. The zero-order chi connectivity index (χ0) is 20.3. The monoisotopic (exact) mass is 407 g/mol. The van der Waals surface area contributed by atoms with Crippen LogP contribution in [0.3, 0.4) is 0 Å². The van der Waals surface area contributed by atoms with Gasteiger partial charge in [0.15, 0.2) is 6.79 Å². The number of benzene rings is 1. The number of halogens is 1. The van der Waals surface area contributed by atoms with E-state index in [1.54, 1.807) is 36.6 Å². The topological polar surface area (TPSA) is 76.0 Å². The Labute approximate surface area is 168 Å². The van der Waals surface area contributed by atoms with Gasteiger partial charge in [-0.3, -0.25) is 4.79 Å². The van der Waals surface area contributed by atoms with Crippen LogP contribution in [0.1, 0.15) is 39.8 Å². The minimum Gasteiger partial charge on any atom is -0.467 e. The number of esters is 2. The first kappa shape index (κ1) is 20.2. The lowest BCUT2D eigenvalue weighted by atomic mass is 10.1. The van der Waals surface area contributed by atoms with Crippen molar-refractivity contribution in [1.29, 1.82) is 0 Å². The summed E-state index contributed by atoms with van der Waals surface area (Å²) in [5, 5.41) is 0.523. The Bertz CT molecular complexity index is 905. The molecule has 1 aromatic heterocycles. The van der Waals surface area contributed by atoms with Crippen molar-refractivity contribution in [1.82, 2.24) is 4.57 Å². The average Bonchev–Trinajstić information content (AvgIpc) is 2.94. The van der Waals surface area contributed by atoms with Gasteiger partial charge in [-0.2, -0.15) is 0 Å². The first-order valence-corrected chi connectivity index (χ1v) is 9.29. The van der Waals surface area contributed by atoms with Gasteiger partial charge in [0, 0.05) is 27.5 Å². The van der Waals surface area contributed by atoms with E-state index >= 15 is 0 Å². The van der Waals surface area contributed by atoms with Gasteiger partial charge in [0.05, 0.1) is 18.8 Å². The smallest absolute Gasteiger partial charge is 0.339 e. The van der Waals surface area contributed by atoms with Crippen LogP contribution in [-0.2, 0) is 38.8 Å². The number of ether oxygens (including phenoxy) is 4. The minimum atomic E-state index is -0.432. The third-order valence-corrected chi connectivity index (χ3v) is 4.71. The van der Waals surface area contributed by atoms with Gasteiger partial charge in [-0.25, -0.2) is 4.79 Å². The van der Waals surface area contributed by atoms with Crippen LogP contribution in [0.15, 0.2) is 18.2 Å². The van der Waals surface area contributed by atoms with Crippen molar-refractivity contribution >= 4 is 23.5 Å². The maximum absolute atomic E-state index is 12.4. The molecule has 0 amide bonds. The molecular formula is C20H22ClNO6. The number of carbonyl (C=O) groups excluding carboxylic acids is 2. The maximum Gasteiger partial charge on any atom is 0.339 e. The molecule has 3 rings (SSSR count). The van der Waals surface area contributed by atoms with E-state index in [2.05, 4.69) is 0 Å². The molecule has 0 aliphatic carbocycles. The van der Waals surface area contributed by atoms with Crippen molar-refractivity contribution in [2.75, 3.05) is 13.4 Å². The molecule has 1 aromatic carbocycles. The summed E-state index contributed by atoms with van der Waals surface area (Å²) in [6, 6.07) is 5.19. The van der Waals surface area contributed by atoms with Gasteiger partial charge in [-0.1, -0.05) is 11.6 Å². The second kappa shape index (κ2) is 8.67. The fourth-order valence-corrected chi connectivity index (χ4v) is 3.42. The van der Waals surface area contributed by atoms with Crippen LogP contribution in [0.5, 0.6) is 5.75 Å². The van der Waals surface area contributed by atoms with Crippen LogP contribution >= 0.6 is 11.6 Å². The summed E-state index contributed by atoms with van der Waals surface area (Å²) in [4.78, 5) is 24.4. The Kier molecular flexibility index (Phi) is 6.26. The number of aromatic nitrogens is 1. The lowest BCUT2D eigenvalue weighted by molar-refractivity contribution is -0.145. The molecule has 150 valence electrons. The first-order chi connectivity index (χ1) is 13.4. The molecule has 0 saturated carbocycles. The number of fused-ring (bicyclic) bond motifs is 1. The molecule has 0 spiro atoms. The standard InChI is InChI=1S/C20H22ClNO6/c1-4-26-20(24)17-5-12(2)22(13(17)3)8-18(23)27-10-15-7-16(21)6-14-9-25-11-28-19(14)15/h5-7H,4,8-11H2,1-3H3. The molecule has 1 aliphatic heterocycles. The lowest BCUT2D eigenvalue weighted by Gasteiger charge is -2.21. The number of hydrogen-bond donors (Lipinski definition) is 0. The number of nitrogens with zero attached hydrogens (tertiary/aromatic N) is 1. The molecule has 7 nitrogen and oxygen atoms in total. The van der Waals surface area contributed by atoms with Crippen molar-refractivity contribution in [3.05, 3.63) is 51.3 Å². The van der Waals surface area contributed by atoms with E-state index in [-0.39, 0.29) is 19.9 Å². The van der Waals surface area contributed by atoms with Crippen molar-refractivity contribution in [3.63, 3.8) is 0 Å². The SMILES string of the molecule is CCOC(=O)c1cc(C)n(CC(=O)OCc2cc(Cl)cc3c2OCOC3)c1C. The fourth-order valence-electron chi connectivity index (χ4n) is 3.16. The summed E-state index contributed by atoms with van der Waals surface area (Å²) >= 11 is 6.13. The van der Waals surface area contributed by atoms with E-state index in [4.69, 9.17) is 30.5 Å². The quantitative estimate of drug-likeness (QED) is 0.682. The number of carbonyl (C=O) groups is 2. The van der Waals surface area contributed by atoms with E-state index in [1.807, 2.05) is 6.92 Å². The van der Waals surface area contributed by atoms with Gasteiger partial charge in [-0.05, 0) is 39.0 Å². The highest BCUT2D eigenvalue weighted by Crippen LogP contribution is 2.32. The molecule has 2 heterocycles. The first-order valence-electron chi connectivity index (χ1n) is 8.92. The van der Waals surface area contributed by atoms with Crippen LogP contribution in [0.2, 0.25) is 5.02 Å². The largest absolute Gasteiger partial charge is 0.467 e. The highest BCUT2D eigenvalue weighted by atomic mass is 35.5. The Morgan fingerprint density at radius 2 is 2.00 bits per heavy atom. The lowest BCUT2D eigenvalue weighted by Crippen LogP contribution is -2.17. The molecule has 0 saturated heterocycles. The van der Waals surface area contributed by atoms with E-state index < -0.39 is 11.9 Å². The van der Waals surface area contributed by atoms with Gasteiger partial charge in [0.1, 0.15) is 18.9 Å². The predicted molar refractivity (Wildman–Crippen MR) is 101 cm³/mol. The average molecular weight is 408 g/mol. The fraction of sp³-hybridized carbons (Fsp3) is 0.400. The number of hydrogen-bond acceptors (Lipinski definition) is 6. The molecule has 8 heteroatoms. The predicted octanol–water partition coefficient (Wildman–Crippen LogP) is 3.54. The summed E-state index contributed by atoms with van der Waals surface area (Å²) in [5.74, 6) is -0.195. The summed E-state index contributed by atoms with van der Waals surface area (Å²) in [6.07, 6.45) is 0. The molecule has 0 atom stereocenters. The molecular weight excluding hydrogens is 386 g/mol. The normalized spacial score (nSPS) is 12.9. The van der Waals surface area contributed by atoms with Gasteiger partial charge in [0.25, 0.3) is 0 Å². The Hall–Kier alpha value is -2.51. The molecule has 2 aromatic rings. The third-order valence-electron chi connectivity index (χ3n) is 4.50. The number of aryl methyl sites for hydroxylation is 1. The van der Waals surface area contributed by atoms with E-state index in [9.17, 15) is 9.59 Å². The summed E-state index contributed by atoms with van der Waals surface area (Å²) < 4.78 is 23.0. The third kappa shape index (κ3) is 4.31. The van der Waals surface area contributed by atoms with Crippen molar-refractivity contribution in [2.45, 2.75) is 40.5 Å². The molecule has 0 N–H and O–H groups in total. The summed E-state index contributed by atoms with van der Waals surface area (Å²) in [6.45, 7) is 6.21. The van der Waals surface area contributed by atoms with Gasteiger partial charge in [-0.15, -0.1) is 0 Å². The highest BCUT2D eigenvalue weighted by molar-refractivity contribution is 6.30. The van der Waals surface area contributed by atoms with Crippen LogP contribution < -0.4 is 4.74 Å². The van der Waals surface area contributed by atoms with Gasteiger partial charge < -0.3 is 23.5 Å². The Morgan fingerprint density at radius 1 is 1.21 bits per heavy atom. The highest BCUT2D eigenvalue weighted by Gasteiger charge is 2.20. The molecule has 28 heavy (non-hydrogen) atoms. The molecule has 0 radical (unpaired) electrons. The van der Waals surface area contributed by atoms with Crippen molar-refractivity contribution in [3.8, 4) is 5.75 Å². The van der Waals surface area contributed by atoms with E-state index in [0.717, 1.165) is 11.3 Å². The summed E-state index contributed by atoms with van der Waals surface area (Å²) in [5.41, 5.74) is 3.39. The maximum atomic E-state index is 12.4.